The molecule has 4 aromatic rings. The first-order chi connectivity index (χ1) is 22.7. The summed E-state index contributed by atoms with van der Waals surface area (Å²) in [6.07, 6.45) is -4.30. The van der Waals surface area contributed by atoms with Gasteiger partial charge in [-0.3, -0.25) is 0 Å². The van der Waals surface area contributed by atoms with Crippen LogP contribution in [-0.4, -0.2) is 53.6 Å². The number of hydrogen-bond donors (Lipinski definition) is 2. The number of hydrogen-bond acceptors (Lipinski definition) is 8. The van der Waals surface area contributed by atoms with Gasteiger partial charge in [-0.1, -0.05) is 84.9 Å². The predicted octanol–water partition coefficient (Wildman–Crippen LogP) is 6.10. The lowest BCUT2D eigenvalue weighted by atomic mass is 10.0. The summed E-state index contributed by atoms with van der Waals surface area (Å²) in [6, 6.07) is 27.9. The number of ether oxygens (including phenoxy) is 6. The van der Waals surface area contributed by atoms with Crippen molar-refractivity contribution in [3.8, 4) is 11.5 Å². The van der Waals surface area contributed by atoms with E-state index in [9.17, 15) is 19.0 Å². The van der Waals surface area contributed by atoms with Gasteiger partial charge in [-0.05, 0) is 37.1 Å². The third-order valence-electron chi connectivity index (χ3n) is 7.56. The van der Waals surface area contributed by atoms with Crippen molar-refractivity contribution < 1.29 is 47.4 Å². The minimum atomic E-state index is -1.19. The van der Waals surface area contributed by atoms with E-state index in [1.165, 1.54) is 12.1 Å². The molecule has 0 aromatic heterocycles. The van der Waals surface area contributed by atoms with Gasteiger partial charge in [0.05, 0.1) is 26.4 Å². The Labute approximate surface area is 273 Å². The Balaban J connectivity index is 1.14. The molecule has 1 aliphatic heterocycles. The summed E-state index contributed by atoms with van der Waals surface area (Å²) in [5.74, 6) is -1.99. The molecule has 0 aliphatic carbocycles. The lowest BCUT2D eigenvalue weighted by Crippen LogP contribution is -2.45. The summed E-state index contributed by atoms with van der Waals surface area (Å²) in [5.41, 5.74) is 2.73. The second-order valence-corrected chi connectivity index (χ2v) is 11.7. The first kappa shape index (κ1) is 34.4. The SMILES string of the molecule is CC1(C)O[C@H]([C@H](O)COCc2cccc(F)c2OCc2ccccc2)[C@@H]([C@H](O)COCc2cccc(F)c2OCc2ccccc2)O1. The largest absolute Gasteiger partial charge is 0.485 e. The van der Waals surface area contributed by atoms with Crippen LogP contribution < -0.4 is 9.47 Å². The summed E-state index contributed by atoms with van der Waals surface area (Å²) in [4.78, 5) is 0. The van der Waals surface area contributed by atoms with Crippen molar-refractivity contribution in [1.29, 1.82) is 0 Å². The quantitative estimate of drug-likeness (QED) is 0.150. The highest BCUT2D eigenvalue weighted by molar-refractivity contribution is 5.36. The van der Waals surface area contributed by atoms with E-state index in [0.29, 0.717) is 11.1 Å². The van der Waals surface area contributed by atoms with Crippen molar-refractivity contribution in [2.24, 2.45) is 0 Å². The molecule has 0 saturated carbocycles. The molecular formula is C37H40F2O8. The zero-order valence-electron chi connectivity index (χ0n) is 26.4. The van der Waals surface area contributed by atoms with Gasteiger partial charge in [0.15, 0.2) is 28.9 Å². The van der Waals surface area contributed by atoms with Gasteiger partial charge < -0.3 is 38.6 Å². The van der Waals surface area contributed by atoms with Crippen LogP contribution in [0.5, 0.6) is 11.5 Å². The summed E-state index contributed by atoms with van der Waals surface area (Å²) < 4.78 is 64.2. The highest BCUT2D eigenvalue weighted by atomic mass is 19.1. The van der Waals surface area contributed by atoms with Crippen LogP contribution in [0.4, 0.5) is 8.78 Å². The van der Waals surface area contributed by atoms with Gasteiger partial charge in [0, 0.05) is 11.1 Å². The van der Waals surface area contributed by atoms with Gasteiger partial charge >= 0.3 is 0 Å². The van der Waals surface area contributed by atoms with Crippen LogP contribution in [0.25, 0.3) is 0 Å². The Bertz CT molecular complexity index is 1440. The van der Waals surface area contributed by atoms with E-state index in [1.807, 2.05) is 60.7 Å². The predicted molar refractivity (Wildman–Crippen MR) is 169 cm³/mol. The van der Waals surface area contributed by atoms with Crippen LogP contribution in [0.15, 0.2) is 97.1 Å². The van der Waals surface area contributed by atoms with Crippen LogP contribution in [0.1, 0.15) is 36.1 Å². The first-order valence-corrected chi connectivity index (χ1v) is 15.5. The molecule has 0 unspecified atom stereocenters. The van der Waals surface area contributed by atoms with Gasteiger partial charge in [-0.25, -0.2) is 8.78 Å². The third kappa shape index (κ3) is 9.57. The third-order valence-corrected chi connectivity index (χ3v) is 7.56. The lowest BCUT2D eigenvalue weighted by Gasteiger charge is -2.26. The number of benzene rings is 4. The fourth-order valence-electron chi connectivity index (χ4n) is 5.30. The van der Waals surface area contributed by atoms with E-state index in [1.54, 1.807) is 38.1 Å². The maximum atomic E-state index is 14.6. The summed E-state index contributed by atoms with van der Waals surface area (Å²) in [7, 11) is 0. The normalized spacial score (nSPS) is 18.5. The molecule has 1 aliphatic rings. The summed E-state index contributed by atoms with van der Waals surface area (Å²) in [5, 5.41) is 22.1. The maximum Gasteiger partial charge on any atom is 0.165 e. The van der Waals surface area contributed by atoms with Crippen LogP contribution in [0, 0.1) is 11.6 Å². The fourth-order valence-corrected chi connectivity index (χ4v) is 5.30. The van der Waals surface area contributed by atoms with Gasteiger partial charge in [0.25, 0.3) is 0 Å². The lowest BCUT2D eigenvalue weighted by molar-refractivity contribution is -0.165. The van der Waals surface area contributed by atoms with Crippen LogP contribution in [0.2, 0.25) is 0 Å². The van der Waals surface area contributed by atoms with Gasteiger partial charge in [-0.2, -0.15) is 0 Å². The topological polar surface area (TPSA) is 95.8 Å². The van der Waals surface area contributed by atoms with Crippen LogP contribution in [-0.2, 0) is 45.4 Å². The molecule has 0 bridgehead atoms. The number of aliphatic hydroxyl groups is 2. The molecule has 4 aromatic carbocycles. The van der Waals surface area contributed by atoms with Crippen molar-refractivity contribution in [1.82, 2.24) is 0 Å². The van der Waals surface area contributed by atoms with E-state index in [-0.39, 0.29) is 51.1 Å². The van der Waals surface area contributed by atoms with E-state index in [4.69, 9.17) is 28.4 Å². The second-order valence-electron chi connectivity index (χ2n) is 11.7. The minimum absolute atomic E-state index is 0.0332. The molecule has 0 spiro atoms. The Hall–Kier alpha value is -3.90. The highest BCUT2D eigenvalue weighted by Crippen LogP contribution is 2.33. The van der Waals surface area contributed by atoms with Crippen molar-refractivity contribution in [3.05, 3.63) is 131 Å². The fraction of sp³-hybridized carbons (Fsp3) is 0.351. The van der Waals surface area contributed by atoms with E-state index in [0.717, 1.165) is 11.1 Å². The monoisotopic (exact) mass is 650 g/mol. The molecule has 47 heavy (non-hydrogen) atoms. The Morgan fingerprint density at radius 2 is 1.00 bits per heavy atom. The van der Waals surface area contributed by atoms with Crippen molar-refractivity contribution >= 4 is 0 Å². The molecule has 0 amide bonds. The van der Waals surface area contributed by atoms with Crippen LogP contribution in [0.3, 0.4) is 0 Å². The average molecular weight is 651 g/mol. The number of para-hydroxylation sites is 2. The number of halogens is 2. The molecule has 1 heterocycles. The smallest absolute Gasteiger partial charge is 0.165 e. The van der Waals surface area contributed by atoms with Gasteiger partial charge in [0.1, 0.15) is 37.6 Å². The summed E-state index contributed by atoms with van der Waals surface area (Å²) >= 11 is 0. The molecule has 10 heteroatoms. The Morgan fingerprint density at radius 1 is 0.596 bits per heavy atom. The van der Waals surface area contributed by atoms with Gasteiger partial charge in [0.2, 0.25) is 0 Å². The van der Waals surface area contributed by atoms with E-state index in [2.05, 4.69) is 0 Å². The molecule has 250 valence electrons. The number of rotatable bonds is 16. The average Bonchev–Trinajstić information content (AvgIpc) is 3.40. The maximum absolute atomic E-state index is 14.6. The molecule has 5 rings (SSSR count). The van der Waals surface area contributed by atoms with Crippen LogP contribution >= 0.6 is 0 Å². The summed E-state index contributed by atoms with van der Waals surface area (Å²) in [6.45, 7) is 3.28. The molecule has 4 atom stereocenters. The zero-order chi connectivity index (χ0) is 33.2. The zero-order valence-corrected chi connectivity index (χ0v) is 26.4. The molecule has 0 radical (unpaired) electrons. The molecule has 1 saturated heterocycles. The molecular weight excluding hydrogens is 610 g/mol. The Morgan fingerprint density at radius 3 is 1.40 bits per heavy atom. The highest BCUT2D eigenvalue weighted by Gasteiger charge is 2.48. The minimum Gasteiger partial charge on any atom is -0.485 e. The standard InChI is InChI=1S/C37H40F2O8/c1-37(2)46-35(31(40)23-42-21-27-15-9-17-29(38)33(27)44-19-25-11-5-3-6-12-25)36(47-37)32(41)24-43-22-28-16-10-18-30(39)34(28)45-20-26-13-7-4-8-14-26/h3-18,31-32,35-36,40-41H,19-24H2,1-2H3/t31-,32-,35-,36-/m1/s1. The second kappa shape index (κ2) is 16.3. The van der Waals surface area contributed by atoms with Crippen molar-refractivity contribution in [2.45, 2.75) is 70.5 Å². The van der Waals surface area contributed by atoms with E-state index >= 15 is 0 Å². The molecule has 2 N–H and O–H groups in total. The first-order valence-electron chi connectivity index (χ1n) is 15.5. The molecule has 8 nitrogen and oxygen atoms in total. The van der Waals surface area contributed by atoms with E-state index < -0.39 is 41.8 Å². The van der Waals surface area contributed by atoms with Crippen molar-refractivity contribution in [2.75, 3.05) is 13.2 Å². The molecule has 1 fully saturated rings. The Kier molecular flexibility index (Phi) is 11.9. The number of aliphatic hydroxyl groups excluding tert-OH is 2. The van der Waals surface area contributed by atoms with Crippen molar-refractivity contribution in [3.63, 3.8) is 0 Å². The van der Waals surface area contributed by atoms with Gasteiger partial charge in [-0.15, -0.1) is 0 Å².